The van der Waals surface area contributed by atoms with E-state index in [9.17, 15) is 0 Å². The molecule has 2 heterocycles. The summed E-state index contributed by atoms with van der Waals surface area (Å²) in [5.41, 5.74) is 10.3. The summed E-state index contributed by atoms with van der Waals surface area (Å²) >= 11 is 3.51. The molecule has 20 heavy (non-hydrogen) atoms. The lowest BCUT2D eigenvalue weighted by Crippen LogP contribution is -1.99. The minimum absolute atomic E-state index is 0.749. The highest BCUT2D eigenvalue weighted by atomic mass is 79.9. The van der Waals surface area contributed by atoms with Gasteiger partial charge in [-0.25, -0.2) is 4.98 Å². The Hall–Kier alpha value is -1.81. The Balaban J connectivity index is 1.89. The van der Waals surface area contributed by atoms with Crippen molar-refractivity contribution in [2.24, 2.45) is 0 Å². The molecule has 0 spiro atoms. The normalized spacial score (nSPS) is 11.1. The van der Waals surface area contributed by atoms with Crippen LogP contribution in [-0.4, -0.2) is 9.38 Å². The van der Waals surface area contributed by atoms with Gasteiger partial charge < -0.3 is 10.1 Å². The molecule has 0 atom stereocenters. The quantitative estimate of drug-likeness (QED) is 0.794. The van der Waals surface area contributed by atoms with Crippen LogP contribution < -0.4 is 5.73 Å². The van der Waals surface area contributed by atoms with Gasteiger partial charge in [0.05, 0.1) is 5.52 Å². The van der Waals surface area contributed by atoms with Crippen molar-refractivity contribution in [3.05, 3.63) is 64.1 Å². The van der Waals surface area contributed by atoms with E-state index in [4.69, 9.17) is 5.73 Å². The predicted molar refractivity (Wildman–Crippen MR) is 85.9 cm³/mol. The van der Waals surface area contributed by atoms with Crippen LogP contribution in [0.2, 0.25) is 0 Å². The molecule has 0 bridgehead atoms. The smallest absolute Gasteiger partial charge is 0.132 e. The summed E-state index contributed by atoms with van der Waals surface area (Å²) in [4.78, 5) is 4.59. The molecule has 1 aromatic carbocycles. The highest BCUT2D eigenvalue weighted by Gasteiger charge is 2.09. The van der Waals surface area contributed by atoms with Crippen LogP contribution in [0.5, 0.6) is 0 Å². The SMILES string of the molecule is Cc1cccc(CCc2nc(Br)c3ccc(N)cn23)c1. The van der Waals surface area contributed by atoms with Gasteiger partial charge in [-0.1, -0.05) is 29.8 Å². The standard InChI is InChI=1S/C16H16BrN3/c1-11-3-2-4-12(9-11)5-8-15-19-16(17)14-7-6-13(18)10-20(14)15/h2-4,6-7,9-10H,5,8,18H2,1H3. The number of nitrogens with two attached hydrogens (primary N) is 1. The summed E-state index contributed by atoms with van der Waals surface area (Å²) in [6.07, 6.45) is 3.79. The molecule has 2 N–H and O–H groups in total. The minimum atomic E-state index is 0.749. The number of pyridine rings is 1. The van der Waals surface area contributed by atoms with Gasteiger partial charge in [0.25, 0.3) is 0 Å². The van der Waals surface area contributed by atoms with E-state index in [-0.39, 0.29) is 0 Å². The molecule has 0 aliphatic heterocycles. The number of hydrogen-bond acceptors (Lipinski definition) is 2. The number of nitrogen functional groups attached to an aromatic ring is 1. The van der Waals surface area contributed by atoms with Crippen LogP contribution in [0.4, 0.5) is 5.69 Å². The topological polar surface area (TPSA) is 43.3 Å². The van der Waals surface area contributed by atoms with Crippen LogP contribution in [0.15, 0.2) is 47.2 Å². The Morgan fingerprint density at radius 1 is 1.20 bits per heavy atom. The van der Waals surface area contributed by atoms with Crippen molar-refractivity contribution in [1.82, 2.24) is 9.38 Å². The highest BCUT2D eigenvalue weighted by molar-refractivity contribution is 9.10. The van der Waals surface area contributed by atoms with E-state index in [0.717, 1.165) is 34.5 Å². The van der Waals surface area contributed by atoms with E-state index >= 15 is 0 Å². The third-order valence-corrected chi connectivity index (χ3v) is 3.99. The Morgan fingerprint density at radius 3 is 2.85 bits per heavy atom. The molecule has 4 heteroatoms. The van der Waals surface area contributed by atoms with Crippen molar-refractivity contribution in [1.29, 1.82) is 0 Å². The molecule has 3 aromatic rings. The molecule has 102 valence electrons. The van der Waals surface area contributed by atoms with Crippen LogP contribution in [0, 0.1) is 6.92 Å². The van der Waals surface area contributed by atoms with E-state index in [0.29, 0.717) is 0 Å². The van der Waals surface area contributed by atoms with Gasteiger partial charge in [0.2, 0.25) is 0 Å². The number of benzene rings is 1. The summed E-state index contributed by atoms with van der Waals surface area (Å²) in [6, 6.07) is 12.5. The predicted octanol–water partition coefficient (Wildman–Crippen LogP) is 3.77. The fourth-order valence-electron chi connectivity index (χ4n) is 2.42. The molecule has 2 aromatic heterocycles. The molecule has 0 aliphatic carbocycles. The van der Waals surface area contributed by atoms with E-state index in [2.05, 4.69) is 56.5 Å². The van der Waals surface area contributed by atoms with Crippen LogP contribution in [0.1, 0.15) is 17.0 Å². The molecule has 3 rings (SSSR count). The lowest BCUT2D eigenvalue weighted by atomic mass is 10.1. The van der Waals surface area contributed by atoms with Gasteiger partial charge in [0.15, 0.2) is 0 Å². The monoisotopic (exact) mass is 329 g/mol. The fraction of sp³-hybridized carbons (Fsp3) is 0.188. The highest BCUT2D eigenvalue weighted by Crippen LogP contribution is 2.21. The maximum absolute atomic E-state index is 5.87. The Morgan fingerprint density at radius 2 is 2.05 bits per heavy atom. The summed E-state index contributed by atoms with van der Waals surface area (Å²) in [7, 11) is 0. The number of halogens is 1. The third-order valence-electron chi connectivity index (χ3n) is 3.41. The molecule has 0 saturated heterocycles. The molecule has 0 amide bonds. The number of rotatable bonds is 3. The summed E-state index contributed by atoms with van der Waals surface area (Å²) in [5.74, 6) is 1.03. The second-order valence-corrected chi connectivity index (χ2v) is 5.78. The summed E-state index contributed by atoms with van der Waals surface area (Å²) in [6.45, 7) is 2.12. The van der Waals surface area contributed by atoms with E-state index < -0.39 is 0 Å². The molecule has 0 aliphatic rings. The summed E-state index contributed by atoms with van der Waals surface area (Å²) in [5, 5.41) is 0. The van der Waals surface area contributed by atoms with Crippen LogP contribution in [0.3, 0.4) is 0 Å². The van der Waals surface area contributed by atoms with Gasteiger partial charge in [0.1, 0.15) is 10.4 Å². The number of hydrogen-bond donors (Lipinski definition) is 1. The minimum Gasteiger partial charge on any atom is -0.398 e. The molecule has 0 unspecified atom stereocenters. The van der Waals surface area contributed by atoms with Crippen LogP contribution in [0.25, 0.3) is 5.52 Å². The third kappa shape index (κ3) is 2.56. The average molecular weight is 330 g/mol. The number of anilines is 1. The van der Waals surface area contributed by atoms with Crippen molar-refractivity contribution >= 4 is 27.1 Å². The Labute approximate surface area is 126 Å². The second-order valence-electron chi connectivity index (χ2n) is 5.03. The van der Waals surface area contributed by atoms with Gasteiger partial charge in [-0.05, 0) is 47.0 Å². The zero-order valence-corrected chi connectivity index (χ0v) is 12.9. The molecule has 3 nitrogen and oxygen atoms in total. The van der Waals surface area contributed by atoms with Gasteiger partial charge >= 0.3 is 0 Å². The largest absolute Gasteiger partial charge is 0.398 e. The fourth-order valence-corrected chi connectivity index (χ4v) is 2.95. The van der Waals surface area contributed by atoms with E-state index in [1.807, 2.05) is 18.3 Å². The zero-order chi connectivity index (χ0) is 14.1. The number of aryl methyl sites for hydroxylation is 3. The molecule has 0 fully saturated rings. The maximum Gasteiger partial charge on any atom is 0.132 e. The zero-order valence-electron chi connectivity index (χ0n) is 11.3. The second kappa shape index (κ2) is 5.29. The van der Waals surface area contributed by atoms with Crippen molar-refractivity contribution in [3.63, 3.8) is 0 Å². The average Bonchev–Trinajstić information content (AvgIpc) is 2.73. The van der Waals surface area contributed by atoms with Crippen molar-refractivity contribution < 1.29 is 0 Å². The van der Waals surface area contributed by atoms with Crippen molar-refractivity contribution in [3.8, 4) is 0 Å². The Bertz CT molecular complexity index is 762. The van der Waals surface area contributed by atoms with Crippen LogP contribution in [-0.2, 0) is 12.8 Å². The molecule has 0 radical (unpaired) electrons. The first-order valence-electron chi connectivity index (χ1n) is 6.61. The maximum atomic E-state index is 5.87. The van der Waals surface area contributed by atoms with Gasteiger partial charge in [-0.15, -0.1) is 0 Å². The lowest BCUT2D eigenvalue weighted by Gasteiger charge is -2.04. The molecular formula is C16H16BrN3. The first-order chi connectivity index (χ1) is 9.63. The Kier molecular flexibility index (Phi) is 3.49. The number of imidazole rings is 1. The van der Waals surface area contributed by atoms with Gasteiger partial charge in [-0.3, -0.25) is 0 Å². The van der Waals surface area contributed by atoms with Crippen molar-refractivity contribution in [2.75, 3.05) is 5.73 Å². The van der Waals surface area contributed by atoms with E-state index in [1.54, 1.807) is 0 Å². The van der Waals surface area contributed by atoms with Gasteiger partial charge in [-0.2, -0.15) is 0 Å². The van der Waals surface area contributed by atoms with Gasteiger partial charge in [0, 0.05) is 18.3 Å². The molecule has 0 saturated carbocycles. The first-order valence-corrected chi connectivity index (χ1v) is 7.40. The number of aromatic nitrogens is 2. The lowest BCUT2D eigenvalue weighted by molar-refractivity contribution is 0.852. The molecular weight excluding hydrogens is 314 g/mol. The first kappa shape index (κ1) is 13.2. The van der Waals surface area contributed by atoms with Crippen molar-refractivity contribution in [2.45, 2.75) is 19.8 Å². The number of nitrogens with zero attached hydrogens (tertiary/aromatic N) is 2. The number of fused-ring (bicyclic) bond motifs is 1. The summed E-state index contributed by atoms with van der Waals surface area (Å²) < 4.78 is 2.94. The van der Waals surface area contributed by atoms with Crippen LogP contribution >= 0.6 is 15.9 Å². The van der Waals surface area contributed by atoms with E-state index in [1.165, 1.54) is 11.1 Å².